The van der Waals surface area contributed by atoms with Gasteiger partial charge in [-0.25, -0.2) is 28.2 Å². The summed E-state index contributed by atoms with van der Waals surface area (Å²) in [5, 5.41) is 5.67. The lowest BCUT2D eigenvalue weighted by Gasteiger charge is -2.32. The van der Waals surface area contributed by atoms with Crippen LogP contribution in [0.2, 0.25) is 51.4 Å². The van der Waals surface area contributed by atoms with Crippen LogP contribution in [0.3, 0.4) is 0 Å². The van der Waals surface area contributed by atoms with E-state index < -0.39 is 68.6 Å². The zero-order valence-corrected chi connectivity index (χ0v) is 45.4. The molecular weight excluding hydrogens is 1040 g/mol. The average molecular weight is 1100 g/mol. The van der Waals surface area contributed by atoms with E-state index >= 15 is 0 Å². The van der Waals surface area contributed by atoms with E-state index in [1.165, 1.54) is 34.1 Å². The molecule has 16 nitrogen and oxygen atoms in total. The van der Waals surface area contributed by atoms with Crippen molar-refractivity contribution in [3.05, 3.63) is 134 Å². The Hall–Kier alpha value is -6.14. The monoisotopic (exact) mass is 1100 g/mol. The van der Waals surface area contributed by atoms with Crippen LogP contribution in [0.5, 0.6) is 0 Å². The molecule has 0 aromatic heterocycles. The molecule has 0 bridgehead atoms. The first-order valence-electron chi connectivity index (χ1n) is 24.2. The number of hydrogen-bond acceptors (Lipinski definition) is 9. The second kappa shape index (κ2) is 21.0. The molecule has 5 aliphatic rings. The number of urea groups is 2. The molecule has 0 radical (unpaired) electrons. The summed E-state index contributed by atoms with van der Waals surface area (Å²) in [6.07, 6.45) is 1.27. The molecule has 0 unspecified atom stereocenters. The number of carbonyl (C=O) groups excluding carboxylic acids is 7. The van der Waals surface area contributed by atoms with E-state index in [1.807, 2.05) is 0 Å². The summed E-state index contributed by atoms with van der Waals surface area (Å²) in [6.45, 7) is 14.7. The van der Waals surface area contributed by atoms with Gasteiger partial charge in [-0.1, -0.05) is 91.6 Å². The molecule has 4 aromatic carbocycles. The Morgan fingerprint density at radius 3 is 1.42 bits per heavy atom. The van der Waals surface area contributed by atoms with Crippen LogP contribution in [0.15, 0.2) is 89.4 Å². The van der Waals surface area contributed by atoms with E-state index in [9.17, 15) is 42.3 Å². The van der Waals surface area contributed by atoms with Crippen LogP contribution in [-0.2, 0) is 48.0 Å². The number of imide groups is 2. The number of amides is 9. The lowest BCUT2D eigenvalue weighted by molar-refractivity contribution is -0.136. The highest BCUT2D eigenvalue weighted by Gasteiger charge is 2.56. The number of nitrogens with zero attached hydrogens (tertiary/aromatic N) is 5. The molecule has 386 valence electrons. The Labute approximate surface area is 433 Å². The highest BCUT2D eigenvalue weighted by atomic mass is 79.9. The maximum absolute atomic E-state index is 14.0. The van der Waals surface area contributed by atoms with E-state index in [4.69, 9.17) is 9.47 Å². The summed E-state index contributed by atoms with van der Waals surface area (Å²) in [5.41, 5.74) is 0.553. The fourth-order valence-electron chi connectivity index (χ4n) is 9.42. The minimum absolute atomic E-state index is 0.0389. The highest BCUT2D eigenvalue weighted by molar-refractivity contribution is 9.10. The number of ether oxygens (including phenoxy) is 2. The fraction of sp³-hybridized carbons (Fsp3) is 0.404. The van der Waals surface area contributed by atoms with E-state index in [-0.39, 0.29) is 62.6 Å². The van der Waals surface area contributed by atoms with Gasteiger partial charge in [-0.3, -0.25) is 24.0 Å². The van der Waals surface area contributed by atoms with Gasteiger partial charge in [-0.2, -0.15) is 0 Å². The van der Waals surface area contributed by atoms with Gasteiger partial charge in [0.2, 0.25) is 5.91 Å². The summed E-state index contributed by atoms with van der Waals surface area (Å²) in [4.78, 5) is 98.9. The van der Waals surface area contributed by atoms with Gasteiger partial charge >= 0.3 is 12.1 Å². The summed E-state index contributed by atoms with van der Waals surface area (Å²) >= 11 is 3.39. The van der Waals surface area contributed by atoms with Gasteiger partial charge in [0.25, 0.3) is 23.6 Å². The van der Waals surface area contributed by atoms with Gasteiger partial charge in [0, 0.05) is 76.7 Å². The SMILES string of the molecule is C[Si](C)(C)CCOCN1C(=O)N[C@@](CN2Cc3ccc(F)cc3C2=O)(c2ccc(Br)cc2)C1=O.C[Si](C)(C)CCOCN1C(=O)N[C@@](CN2Cc3ccc(F)cc3C2=O)(c2ccc(N3CCCC3=O)cc2)C1=O. The number of nitrogens with one attached hydrogen (secondary N) is 2. The first kappa shape index (κ1) is 53.2. The fourth-order valence-corrected chi connectivity index (χ4v) is 11.2. The average Bonchev–Trinajstić information content (AvgIpc) is 4.10. The van der Waals surface area contributed by atoms with Crippen LogP contribution in [0.25, 0.3) is 0 Å². The lowest BCUT2D eigenvalue weighted by atomic mass is 9.88. The molecule has 73 heavy (non-hydrogen) atoms. The standard InChI is InChI=1S/C28H33FN4O5Si.C24H27BrFN3O4Si/c1-39(2,3)14-13-38-18-33-26(36)28(30-27(33)37,17-31-16-19-6-9-21(29)15-23(19)25(31)35)20-7-10-22(11-8-20)32-12-4-5-24(32)34;1-34(2,3)11-10-33-15-29-22(31)24(27-23(29)32,17-5-7-18(25)8-6-17)14-28-13-16-4-9-19(26)12-20(16)21(28)30/h6-11,15H,4-5,12-14,16-18H2,1-3H3,(H,30,37);4-9,12H,10-11,13-15H2,1-3H3,(H,27,32)/t28-;24-/m00/s1. The van der Waals surface area contributed by atoms with Gasteiger partial charge in [0.05, 0.1) is 13.1 Å². The van der Waals surface area contributed by atoms with Crippen LogP contribution in [-0.4, -0.2) is 124 Å². The molecule has 0 aliphatic carbocycles. The predicted molar refractivity (Wildman–Crippen MR) is 277 cm³/mol. The number of hydrogen-bond donors (Lipinski definition) is 2. The van der Waals surface area contributed by atoms with Gasteiger partial charge in [-0.05, 0) is 89.3 Å². The summed E-state index contributed by atoms with van der Waals surface area (Å²) in [6, 6.07) is 22.7. The van der Waals surface area contributed by atoms with Gasteiger partial charge in [-0.15, -0.1) is 0 Å². The highest BCUT2D eigenvalue weighted by Crippen LogP contribution is 2.37. The Morgan fingerprint density at radius 1 is 0.603 bits per heavy atom. The zero-order valence-electron chi connectivity index (χ0n) is 41.8. The lowest BCUT2D eigenvalue weighted by Crippen LogP contribution is -2.53. The first-order valence-corrected chi connectivity index (χ1v) is 32.5. The van der Waals surface area contributed by atoms with Crippen molar-refractivity contribution in [1.82, 2.24) is 30.2 Å². The Balaban J connectivity index is 0.000000197. The van der Waals surface area contributed by atoms with Crippen LogP contribution in [0.1, 0.15) is 55.8 Å². The van der Waals surface area contributed by atoms with Crippen molar-refractivity contribution in [2.75, 3.05) is 51.2 Å². The van der Waals surface area contributed by atoms with E-state index in [0.29, 0.717) is 54.1 Å². The number of rotatable bonds is 17. The Bertz CT molecular complexity index is 2850. The van der Waals surface area contributed by atoms with E-state index in [0.717, 1.165) is 32.8 Å². The number of fused-ring (bicyclic) bond motifs is 2. The first-order chi connectivity index (χ1) is 34.5. The van der Waals surface area contributed by atoms with Crippen LogP contribution in [0, 0.1) is 11.6 Å². The Kier molecular flexibility index (Phi) is 15.3. The maximum Gasteiger partial charge on any atom is 0.327 e. The van der Waals surface area contributed by atoms with E-state index in [2.05, 4.69) is 65.8 Å². The second-order valence-corrected chi connectivity index (χ2v) is 33.6. The molecular formula is C52H60BrF2N7O9Si2. The minimum Gasteiger partial charge on any atom is -0.361 e. The molecule has 5 heterocycles. The molecule has 21 heteroatoms. The van der Waals surface area contributed by atoms with Crippen molar-refractivity contribution in [3.63, 3.8) is 0 Å². The largest absolute Gasteiger partial charge is 0.361 e. The molecule has 0 spiro atoms. The number of benzene rings is 4. The minimum atomic E-state index is -1.57. The summed E-state index contributed by atoms with van der Waals surface area (Å²) < 4.78 is 39.8. The third-order valence-electron chi connectivity index (χ3n) is 13.6. The van der Waals surface area contributed by atoms with E-state index in [1.54, 1.807) is 65.6 Å². The topological polar surface area (TPSA) is 178 Å². The molecule has 9 rings (SSSR count). The molecule has 9 amide bonds. The molecule has 4 aromatic rings. The number of carbonyl (C=O) groups is 7. The summed E-state index contributed by atoms with van der Waals surface area (Å²) in [5.74, 6) is -2.77. The maximum atomic E-state index is 14.0. The molecule has 3 saturated heterocycles. The van der Waals surface area contributed by atoms with Crippen molar-refractivity contribution >= 4 is 79.4 Å². The van der Waals surface area contributed by atoms with Gasteiger partial charge < -0.3 is 34.8 Å². The molecule has 5 aliphatic heterocycles. The molecule has 0 saturated carbocycles. The molecule has 2 N–H and O–H groups in total. The van der Waals surface area contributed by atoms with Crippen molar-refractivity contribution in [2.24, 2.45) is 0 Å². The van der Waals surface area contributed by atoms with Crippen LogP contribution in [0.4, 0.5) is 24.1 Å². The van der Waals surface area contributed by atoms with Crippen molar-refractivity contribution in [2.45, 2.75) is 88.4 Å². The quantitative estimate of drug-likeness (QED) is 0.0603. The third-order valence-corrected chi connectivity index (χ3v) is 17.6. The summed E-state index contributed by atoms with van der Waals surface area (Å²) in [7, 11) is -2.69. The van der Waals surface area contributed by atoms with Gasteiger partial charge in [0.1, 0.15) is 25.1 Å². The second-order valence-electron chi connectivity index (χ2n) is 21.5. The van der Waals surface area contributed by atoms with Crippen molar-refractivity contribution in [1.29, 1.82) is 0 Å². The predicted octanol–water partition coefficient (Wildman–Crippen LogP) is 7.97. The molecule has 3 fully saturated rings. The number of anilines is 1. The van der Waals surface area contributed by atoms with Crippen LogP contribution >= 0.6 is 15.9 Å². The molecule has 2 atom stereocenters. The van der Waals surface area contributed by atoms with Gasteiger partial charge in [0.15, 0.2) is 11.1 Å². The Morgan fingerprint density at radius 2 is 1.03 bits per heavy atom. The smallest absolute Gasteiger partial charge is 0.327 e. The van der Waals surface area contributed by atoms with Crippen molar-refractivity contribution < 1.29 is 51.8 Å². The van der Waals surface area contributed by atoms with Crippen molar-refractivity contribution in [3.8, 4) is 0 Å². The zero-order chi connectivity index (χ0) is 52.6. The normalized spacial score (nSPS) is 20.8. The van der Waals surface area contributed by atoms with Crippen LogP contribution < -0.4 is 15.5 Å². The number of halogens is 3. The third kappa shape index (κ3) is 11.3.